The third-order valence-electron chi connectivity index (χ3n) is 4.73. The summed E-state index contributed by atoms with van der Waals surface area (Å²) in [6, 6.07) is 5.20. The van der Waals surface area contributed by atoms with Crippen molar-refractivity contribution in [3.05, 3.63) is 50.9 Å². The van der Waals surface area contributed by atoms with E-state index in [2.05, 4.69) is 15.3 Å². The van der Waals surface area contributed by atoms with Crippen LogP contribution in [0, 0.1) is 0 Å². The lowest BCUT2D eigenvalue weighted by molar-refractivity contribution is -0.115. The number of amides is 1. The highest BCUT2D eigenvalue weighted by atomic mass is 32.2. The molecule has 4 rings (SSSR count). The normalized spacial score (nSPS) is 13.8. The highest BCUT2D eigenvalue weighted by Gasteiger charge is 2.29. The van der Waals surface area contributed by atoms with E-state index in [1.165, 1.54) is 15.7 Å². The van der Waals surface area contributed by atoms with Gasteiger partial charge in [0.2, 0.25) is 5.91 Å². The Morgan fingerprint density at radius 3 is 2.97 bits per heavy atom. The summed E-state index contributed by atoms with van der Waals surface area (Å²) in [7, 11) is 0. The molecule has 0 saturated carbocycles. The van der Waals surface area contributed by atoms with Gasteiger partial charge in [-0.25, -0.2) is 14.6 Å². The zero-order valence-electron chi connectivity index (χ0n) is 16.5. The predicted octanol–water partition coefficient (Wildman–Crippen LogP) is 2.94. The summed E-state index contributed by atoms with van der Waals surface area (Å²) in [5, 5.41) is 3.06. The van der Waals surface area contributed by atoms with Crippen LogP contribution in [0.4, 0.5) is 5.00 Å². The molecule has 0 fully saturated rings. The summed E-state index contributed by atoms with van der Waals surface area (Å²) in [4.78, 5) is 46.8. The van der Waals surface area contributed by atoms with E-state index >= 15 is 0 Å². The number of carbonyl (C=O) groups is 2. The van der Waals surface area contributed by atoms with Gasteiger partial charge in [0, 0.05) is 11.1 Å². The van der Waals surface area contributed by atoms with Gasteiger partial charge in [-0.15, -0.1) is 11.3 Å². The van der Waals surface area contributed by atoms with Crippen molar-refractivity contribution in [2.45, 2.75) is 43.5 Å². The number of pyridine rings is 1. The van der Waals surface area contributed by atoms with Crippen LogP contribution in [-0.2, 0) is 22.4 Å². The number of rotatable bonds is 6. The van der Waals surface area contributed by atoms with E-state index in [0.717, 1.165) is 41.5 Å². The number of hydrogen-bond acceptors (Lipinski definition) is 8. The molecular weight excluding hydrogens is 424 g/mol. The van der Waals surface area contributed by atoms with Crippen LogP contribution in [0.25, 0.3) is 5.65 Å². The van der Waals surface area contributed by atoms with Crippen molar-refractivity contribution in [3.8, 4) is 0 Å². The van der Waals surface area contributed by atoms with Crippen LogP contribution in [0.15, 0.2) is 34.3 Å². The van der Waals surface area contributed by atoms with E-state index in [4.69, 9.17) is 4.74 Å². The molecule has 0 spiro atoms. The number of esters is 1. The summed E-state index contributed by atoms with van der Waals surface area (Å²) in [6.07, 6.45) is 4.31. The van der Waals surface area contributed by atoms with E-state index in [9.17, 15) is 14.4 Å². The van der Waals surface area contributed by atoms with Gasteiger partial charge in [0.15, 0.2) is 5.16 Å². The first kappa shape index (κ1) is 20.5. The summed E-state index contributed by atoms with van der Waals surface area (Å²) >= 11 is 2.53. The minimum Gasteiger partial charge on any atom is -0.462 e. The lowest BCUT2D eigenvalue weighted by Gasteiger charge is -2.12. The second-order valence-electron chi connectivity index (χ2n) is 6.75. The topological polar surface area (TPSA) is 103 Å². The molecule has 3 aromatic rings. The van der Waals surface area contributed by atoms with Gasteiger partial charge in [-0.3, -0.25) is 9.20 Å². The predicted molar refractivity (Wildman–Crippen MR) is 116 cm³/mol. The standard InChI is InChI=1S/C20H20N4O4S2/c1-3-28-18(26)15-12-7-6-8-13(12)30-17(15)22-16(25)11(2)29-19-21-14-9-4-5-10-24(14)20(27)23-19/h4-5,9-11H,3,6-8H2,1-2H3,(H,22,25)/t11-/m1/s1. The number of thiophene rings is 1. The number of thioether (sulfide) groups is 1. The SMILES string of the molecule is CCOC(=O)c1c(NC(=O)[C@@H](C)Sc2nc(=O)n3ccccc3n2)sc2c1CCC2. The van der Waals surface area contributed by atoms with Crippen molar-refractivity contribution >= 4 is 45.6 Å². The van der Waals surface area contributed by atoms with Crippen LogP contribution in [0.2, 0.25) is 0 Å². The molecule has 1 aliphatic carbocycles. The fourth-order valence-electron chi connectivity index (χ4n) is 3.34. The number of aromatic nitrogens is 3. The van der Waals surface area contributed by atoms with Crippen LogP contribution in [0.1, 0.15) is 41.1 Å². The van der Waals surface area contributed by atoms with Crippen LogP contribution in [-0.4, -0.2) is 38.1 Å². The number of nitrogens with one attached hydrogen (secondary N) is 1. The molecule has 30 heavy (non-hydrogen) atoms. The first-order chi connectivity index (χ1) is 14.5. The Labute approximate surface area is 180 Å². The maximum absolute atomic E-state index is 12.8. The fraction of sp³-hybridized carbons (Fsp3) is 0.350. The number of carbonyl (C=O) groups excluding carboxylic acids is 2. The summed E-state index contributed by atoms with van der Waals surface area (Å²) in [5.74, 6) is -0.694. The number of hydrogen-bond donors (Lipinski definition) is 1. The summed E-state index contributed by atoms with van der Waals surface area (Å²) < 4.78 is 6.54. The maximum atomic E-state index is 12.8. The van der Waals surface area contributed by atoms with Gasteiger partial charge in [-0.2, -0.15) is 4.98 Å². The van der Waals surface area contributed by atoms with Crippen molar-refractivity contribution in [3.63, 3.8) is 0 Å². The molecule has 0 unspecified atom stereocenters. The Morgan fingerprint density at radius 2 is 2.17 bits per heavy atom. The Morgan fingerprint density at radius 1 is 1.33 bits per heavy atom. The molecule has 0 aliphatic heterocycles. The zero-order valence-corrected chi connectivity index (χ0v) is 18.1. The van der Waals surface area contributed by atoms with Crippen molar-refractivity contribution in [1.82, 2.24) is 14.4 Å². The monoisotopic (exact) mass is 444 g/mol. The summed E-state index contributed by atoms with van der Waals surface area (Å²) in [6.45, 7) is 3.74. The average Bonchev–Trinajstić information content (AvgIpc) is 3.28. The van der Waals surface area contributed by atoms with E-state index in [0.29, 0.717) is 16.2 Å². The van der Waals surface area contributed by atoms with Crippen molar-refractivity contribution in [1.29, 1.82) is 0 Å². The van der Waals surface area contributed by atoms with E-state index in [1.54, 1.807) is 38.2 Å². The Hall–Kier alpha value is -2.72. The Balaban J connectivity index is 1.53. The van der Waals surface area contributed by atoms with Crippen molar-refractivity contribution in [2.24, 2.45) is 0 Å². The molecule has 1 atom stereocenters. The highest BCUT2D eigenvalue weighted by molar-refractivity contribution is 8.00. The third-order valence-corrected chi connectivity index (χ3v) is 6.90. The molecule has 0 bridgehead atoms. The number of fused-ring (bicyclic) bond motifs is 2. The van der Waals surface area contributed by atoms with E-state index in [1.807, 2.05) is 0 Å². The van der Waals surface area contributed by atoms with Crippen molar-refractivity contribution < 1.29 is 14.3 Å². The van der Waals surface area contributed by atoms with Crippen LogP contribution < -0.4 is 11.0 Å². The van der Waals surface area contributed by atoms with Gasteiger partial charge >= 0.3 is 11.7 Å². The first-order valence-electron chi connectivity index (χ1n) is 9.62. The number of anilines is 1. The zero-order chi connectivity index (χ0) is 21.3. The van der Waals surface area contributed by atoms with Gasteiger partial charge in [0.1, 0.15) is 10.6 Å². The second-order valence-corrected chi connectivity index (χ2v) is 9.16. The molecule has 156 valence electrons. The Bertz CT molecular complexity index is 1190. The lowest BCUT2D eigenvalue weighted by Crippen LogP contribution is -2.25. The molecule has 3 aromatic heterocycles. The van der Waals surface area contributed by atoms with Gasteiger partial charge in [0.25, 0.3) is 0 Å². The molecule has 1 N–H and O–H groups in total. The first-order valence-corrected chi connectivity index (χ1v) is 11.3. The second kappa shape index (κ2) is 8.57. The van der Waals surface area contributed by atoms with Crippen LogP contribution in [0.3, 0.4) is 0 Å². The van der Waals surface area contributed by atoms with E-state index in [-0.39, 0.29) is 17.7 Å². The number of ether oxygens (including phenoxy) is 1. The molecule has 1 aliphatic rings. The number of nitrogens with zero attached hydrogens (tertiary/aromatic N) is 3. The minimum absolute atomic E-state index is 0.230. The molecule has 8 nitrogen and oxygen atoms in total. The van der Waals surface area contributed by atoms with Crippen LogP contribution >= 0.6 is 23.1 Å². The fourth-order valence-corrected chi connectivity index (χ4v) is 5.37. The largest absolute Gasteiger partial charge is 0.462 e. The minimum atomic E-state index is -0.567. The summed E-state index contributed by atoms with van der Waals surface area (Å²) in [5.41, 5.74) is 1.47. The number of aryl methyl sites for hydroxylation is 1. The molecule has 0 radical (unpaired) electrons. The van der Waals surface area contributed by atoms with E-state index < -0.39 is 16.9 Å². The molecule has 3 heterocycles. The molecule has 0 aromatic carbocycles. The lowest BCUT2D eigenvalue weighted by atomic mass is 10.1. The van der Waals surface area contributed by atoms with Crippen LogP contribution in [0.5, 0.6) is 0 Å². The highest BCUT2D eigenvalue weighted by Crippen LogP contribution is 2.39. The van der Waals surface area contributed by atoms with Crippen molar-refractivity contribution in [2.75, 3.05) is 11.9 Å². The third kappa shape index (κ3) is 3.97. The molecular formula is C20H20N4O4S2. The molecule has 1 amide bonds. The van der Waals surface area contributed by atoms with Gasteiger partial charge in [-0.1, -0.05) is 17.8 Å². The quantitative estimate of drug-likeness (QED) is 0.461. The molecule has 10 heteroatoms. The smallest absolute Gasteiger partial charge is 0.355 e. The average molecular weight is 445 g/mol. The maximum Gasteiger partial charge on any atom is 0.355 e. The van der Waals surface area contributed by atoms with Gasteiger partial charge < -0.3 is 10.1 Å². The molecule has 0 saturated heterocycles. The van der Waals surface area contributed by atoms with Gasteiger partial charge in [-0.05, 0) is 50.8 Å². The van der Waals surface area contributed by atoms with Gasteiger partial charge in [0.05, 0.1) is 17.4 Å². The Kier molecular flexibility index (Phi) is 5.87.